The fraction of sp³-hybridized carbons (Fsp3) is 0.667. The summed E-state index contributed by atoms with van der Waals surface area (Å²) < 4.78 is 50.5. The molecule has 0 spiro atoms. The molecular formula is C12H13BrF3NO2S. The van der Waals surface area contributed by atoms with E-state index >= 15 is 0 Å². The highest BCUT2D eigenvalue weighted by Crippen LogP contribution is 2.57. The van der Waals surface area contributed by atoms with Gasteiger partial charge in [0.25, 0.3) is 5.79 Å². The monoisotopic (exact) mass is 371 g/mol. The van der Waals surface area contributed by atoms with Crippen molar-refractivity contribution in [3.63, 3.8) is 0 Å². The summed E-state index contributed by atoms with van der Waals surface area (Å²) in [6.07, 6.45) is -5.58. The molecule has 3 rings (SSSR count). The highest BCUT2D eigenvalue weighted by molar-refractivity contribution is 9.11. The van der Waals surface area contributed by atoms with E-state index in [2.05, 4.69) is 21.2 Å². The molecule has 0 radical (unpaired) electrons. The van der Waals surface area contributed by atoms with Crippen LogP contribution in [-0.4, -0.2) is 30.2 Å². The lowest BCUT2D eigenvalue weighted by molar-refractivity contribution is -0.273. The molecule has 3 heterocycles. The van der Waals surface area contributed by atoms with E-state index in [1.807, 2.05) is 19.9 Å². The molecule has 0 unspecified atom stereocenters. The fourth-order valence-electron chi connectivity index (χ4n) is 2.41. The summed E-state index contributed by atoms with van der Waals surface area (Å²) in [6.45, 7) is 3.57. The minimum absolute atomic E-state index is 0.0634. The van der Waals surface area contributed by atoms with Crippen molar-refractivity contribution in [1.82, 2.24) is 5.32 Å². The predicted octanol–water partition coefficient (Wildman–Crippen LogP) is 3.61. The zero-order chi connectivity index (χ0) is 14.8. The topological polar surface area (TPSA) is 33.8 Å². The van der Waals surface area contributed by atoms with Gasteiger partial charge in [0.15, 0.2) is 0 Å². The molecule has 2 fully saturated rings. The molecule has 20 heavy (non-hydrogen) atoms. The van der Waals surface area contributed by atoms with Crippen molar-refractivity contribution in [2.24, 2.45) is 0 Å². The number of fused-ring (bicyclic) bond motifs is 1. The zero-order valence-corrected chi connectivity index (χ0v) is 13.2. The molecule has 1 aromatic heterocycles. The van der Waals surface area contributed by atoms with Gasteiger partial charge in [-0.2, -0.15) is 13.2 Å². The van der Waals surface area contributed by atoms with Gasteiger partial charge < -0.3 is 9.47 Å². The standard InChI is InChI=1S/C12H13BrF3NO2S/c1-10(2)5-18-11(12(14,15)16)9(19-11)8(17-10)6-3-4-7(13)20-6/h3-4,8-9,17H,5H2,1-2H3/t8-,9+,11-/m1/s1. The van der Waals surface area contributed by atoms with Crippen LogP contribution in [0.25, 0.3) is 0 Å². The van der Waals surface area contributed by atoms with E-state index in [0.29, 0.717) is 0 Å². The second-order valence-corrected chi connectivity index (χ2v) is 8.13. The second-order valence-electron chi connectivity index (χ2n) is 5.64. The molecule has 0 aromatic carbocycles. The van der Waals surface area contributed by atoms with Crippen molar-refractivity contribution in [3.05, 3.63) is 20.8 Å². The van der Waals surface area contributed by atoms with Crippen molar-refractivity contribution in [1.29, 1.82) is 0 Å². The van der Waals surface area contributed by atoms with Gasteiger partial charge >= 0.3 is 6.18 Å². The largest absolute Gasteiger partial charge is 0.446 e. The number of nitrogens with one attached hydrogen (secondary N) is 1. The van der Waals surface area contributed by atoms with Crippen LogP contribution in [0.2, 0.25) is 0 Å². The molecule has 0 bridgehead atoms. The summed E-state index contributed by atoms with van der Waals surface area (Å²) in [5.41, 5.74) is -0.559. The third kappa shape index (κ3) is 2.31. The van der Waals surface area contributed by atoms with Gasteiger partial charge in [-0.05, 0) is 41.9 Å². The van der Waals surface area contributed by atoms with Gasteiger partial charge in [0.05, 0.1) is 16.4 Å². The number of ether oxygens (including phenoxy) is 2. The molecule has 0 aliphatic carbocycles. The van der Waals surface area contributed by atoms with Gasteiger partial charge in [-0.3, -0.25) is 5.32 Å². The molecule has 0 amide bonds. The lowest BCUT2D eigenvalue weighted by Crippen LogP contribution is -2.45. The number of rotatable bonds is 1. The molecular weight excluding hydrogens is 359 g/mol. The summed E-state index contributed by atoms with van der Waals surface area (Å²) in [5.74, 6) is -2.46. The first-order valence-electron chi connectivity index (χ1n) is 6.06. The molecule has 112 valence electrons. The van der Waals surface area contributed by atoms with Gasteiger partial charge in [-0.1, -0.05) is 0 Å². The van der Waals surface area contributed by atoms with Crippen LogP contribution in [0.3, 0.4) is 0 Å². The van der Waals surface area contributed by atoms with Crippen LogP contribution >= 0.6 is 27.3 Å². The van der Waals surface area contributed by atoms with Crippen molar-refractivity contribution in [2.45, 2.75) is 43.5 Å². The number of alkyl halides is 3. The Morgan fingerprint density at radius 2 is 2.10 bits per heavy atom. The van der Waals surface area contributed by atoms with Crippen LogP contribution in [0.4, 0.5) is 13.2 Å². The van der Waals surface area contributed by atoms with E-state index in [4.69, 9.17) is 9.47 Å². The maximum absolute atomic E-state index is 13.2. The number of halogens is 4. The molecule has 2 aliphatic heterocycles. The smallest absolute Gasteiger partial charge is 0.339 e. The summed E-state index contributed by atoms with van der Waals surface area (Å²) >= 11 is 4.72. The van der Waals surface area contributed by atoms with Crippen molar-refractivity contribution in [2.75, 3.05) is 6.61 Å². The maximum Gasteiger partial charge on any atom is 0.446 e. The van der Waals surface area contributed by atoms with Crippen molar-refractivity contribution < 1.29 is 22.6 Å². The summed E-state index contributed by atoms with van der Waals surface area (Å²) in [4.78, 5) is 0.798. The van der Waals surface area contributed by atoms with E-state index in [0.717, 1.165) is 8.66 Å². The Morgan fingerprint density at radius 3 is 2.65 bits per heavy atom. The molecule has 8 heteroatoms. The SMILES string of the molecule is CC1(C)CO[C@@]2(C(F)(F)F)O[C@H]2[C@@H](c2ccc(Br)s2)N1. The van der Waals surface area contributed by atoms with Gasteiger partial charge in [-0.15, -0.1) is 11.3 Å². The molecule has 0 saturated carbocycles. The lowest BCUT2D eigenvalue weighted by Gasteiger charge is -2.28. The Balaban J connectivity index is 1.96. The second kappa shape index (κ2) is 4.42. The Hall–Kier alpha value is -0.150. The molecule has 1 aromatic rings. The number of hydrogen-bond donors (Lipinski definition) is 1. The molecule has 2 aliphatic rings. The first kappa shape index (κ1) is 14.8. The van der Waals surface area contributed by atoms with Crippen molar-refractivity contribution >= 4 is 27.3 Å². The minimum atomic E-state index is -4.54. The Bertz CT molecular complexity index is 533. The average Bonchev–Trinajstić information content (AvgIpc) is 2.93. The van der Waals surface area contributed by atoms with Gasteiger partial charge in [0.2, 0.25) is 0 Å². The Labute approximate surface area is 126 Å². The minimum Gasteiger partial charge on any atom is -0.339 e. The molecule has 3 atom stereocenters. The van der Waals surface area contributed by atoms with Crippen LogP contribution in [0.15, 0.2) is 15.9 Å². The number of epoxide rings is 1. The van der Waals surface area contributed by atoms with E-state index in [-0.39, 0.29) is 6.61 Å². The summed E-state index contributed by atoms with van der Waals surface area (Å²) in [5, 5.41) is 3.21. The maximum atomic E-state index is 13.2. The van der Waals surface area contributed by atoms with E-state index in [9.17, 15) is 13.2 Å². The highest BCUT2D eigenvalue weighted by Gasteiger charge is 2.78. The quantitative estimate of drug-likeness (QED) is 0.765. The third-order valence-corrected chi connectivity index (χ3v) is 5.12. The average molecular weight is 372 g/mol. The highest BCUT2D eigenvalue weighted by atomic mass is 79.9. The van der Waals surface area contributed by atoms with Crippen LogP contribution in [0.1, 0.15) is 24.8 Å². The summed E-state index contributed by atoms with van der Waals surface area (Å²) in [7, 11) is 0. The number of hydrogen-bond acceptors (Lipinski definition) is 4. The van der Waals surface area contributed by atoms with E-state index in [1.54, 1.807) is 6.07 Å². The van der Waals surface area contributed by atoms with E-state index < -0.39 is 29.6 Å². The van der Waals surface area contributed by atoms with Gasteiger partial charge in [0, 0.05) is 10.4 Å². The summed E-state index contributed by atoms with van der Waals surface area (Å²) in [6, 6.07) is 3.08. The first-order valence-corrected chi connectivity index (χ1v) is 7.67. The molecule has 3 nitrogen and oxygen atoms in total. The van der Waals surface area contributed by atoms with Crippen molar-refractivity contribution in [3.8, 4) is 0 Å². The fourth-order valence-corrected chi connectivity index (χ4v) is 3.91. The molecule has 1 N–H and O–H groups in total. The lowest BCUT2D eigenvalue weighted by atomic mass is 10.0. The van der Waals surface area contributed by atoms with E-state index in [1.165, 1.54) is 11.3 Å². The van der Waals surface area contributed by atoms with Crippen LogP contribution in [0, 0.1) is 0 Å². The Morgan fingerprint density at radius 1 is 1.40 bits per heavy atom. The van der Waals surface area contributed by atoms with Crippen LogP contribution in [0.5, 0.6) is 0 Å². The number of thiophene rings is 1. The Kier molecular flexibility index (Phi) is 3.27. The predicted molar refractivity (Wildman–Crippen MR) is 71.6 cm³/mol. The third-order valence-electron chi connectivity index (χ3n) is 3.41. The van der Waals surface area contributed by atoms with Gasteiger partial charge in [0.1, 0.15) is 6.10 Å². The van der Waals surface area contributed by atoms with Gasteiger partial charge in [-0.25, -0.2) is 0 Å². The normalized spacial score (nSPS) is 36.3. The molecule has 2 saturated heterocycles. The van der Waals surface area contributed by atoms with Crippen LogP contribution < -0.4 is 5.32 Å². The zero-order valence-electron chi connectivity index (χ0n) is 10.8. The van der Waals surface area contributed by atoms with Crippen LogP contribution in [-0.2, 0) is 9.47 Å². The first-order chi connectivity index (χ1) is 9.15.